The van der Waals surface area contributed by atoms with E-state index in [-0.39, 0.29) is 23.9 Å². The first-order valence-corrected chi connectivity index (χ1v) is 11.7. The van der Waals surface area contributed by atoms with Crippen LogP contribution in [0.4, 0.5) is 0 Å². The highest BCUT2D eigenvalue weighted by molar-refractivity contribution is 5.87. The van der Waals surface area contributed by atoms with E-state index in [4.69, 9.17) is 0 Å². The van der Waals surface area contributed by atoms with Gasteiger partial charge in [0.05, 0.1) is 12.1 Å². The smallest absolute Gasteiger partial charge is 0.251 e. The summed E-state index contributed by atoms with van der Waals surface area (Å²) in [5.74, 6) is 0.397. The first kappa shape index (κ1) is 21.1. The van der Waals surface area contributed by atoms with Gasteiger partial charge in [0.2, 0.25) is 5.91 Å². The summed E-state index contributed by atoms with van der Waals surface area (Å²) < 4.78 is 1.49. The van der Waals surface area contributed by atoms with Crippen molar-refractivity contribution >= 4 is 12.2 Å². The molecule has 2 aliphatic carbocycles. The molecule has 1 atom stereocenters. The predicted octanol–water partition coefficient (Wildman–Crippen LogP) is 3.26. The van der Waals surface area contributed by atoms with Crippen LogP contribution in [-0.4, -0.2) is 45.5 Å². The van der Waals surface area contributed by atoms with E-state index in [1.54, 1.807) is 6.20 Å². The number of aromatic nitrogens is 1. The topological polar surface area (TPSA) is 79.6 Å². The Morgan fingerprint density at radius 1 is 1.12 bits per heavy atom. The van der Waals surface area contributed by atoms with Gasteiger partial charge in [-0.3, -0.25) is 14.4 Å². The van der Waals surface area contributed by atoms with Gasteiger partial charge in [0, 0.05) is 42.2 Å². The fourth-order valence-electron chi connectivity index (χ4n) is 5.83. The Bertz CT molecular complexity index is 1080. The van der Waals surface area contributed by atoms with E-state index in [9.17, 15) is 19.5 Å². The van der Waals surface area contributed by atoms with Crippen LogP contribution >= 0.6 is 0 Å². The molecule has 32 heavy (non-hydrogen) atoms. The molecule has 168 valence electrons. The molecule has 2 aromatic rings. The van der Waals surface area contributed by atoms with Crippen LogP contribution < -0.4 is 5.56 Å². The van der Waals surface area contributed by atoms with Gasteiger partial charge < -0.3 is 14.6 Å². The zero-order valence-electron chi connectivity index (χ0n) is 18.3. The molecule has 0 radical (unpaired) electrons. The second-order valence-corrected chi connectivity index (χ2v) is 9.90. The fourth-order valence-corrected chi connectivity index (χ4v) is 5.83. The maximum atomic E-state index is 13.0. The first-order chi connectivity index (χ1) is 15.4. The minimum atomic E-state index is -1.08. The molecular formula is C26H30N2O4. The third-order valence-electron chi connectivity index (χ3n) is 7.88. The van der Waals surface area contributed by atoms with Crippen LogP contribution in [0.15, 0.2) is 47.4 Å². The van der Waals surface area contributed by atoms with Crippen molar-refractivity contribution in [1.29, 1.82) is 0 Å². The normalized spacial score (nSPS) is 24.6. The summed E-state index contributed by atoms with van der Waals surface area (Å²) in [6.45, 7) is 1.23. The van der Waals surface area contributed by atoms with E-state index in [1.165, 1.54) is 10.6 Å². The quantitative estimate of drug-likeness (QED) is 0.733. The number of hydrogen-bond donors (Lipinski definition) is 1. The minimum absolute atomic E-state index is 0.146. The molecular weight excluding hydrogens is 404 g/mol. The zero-order valence-corrected chi connectivity index (χ0v) is 18.3. The molecule has 5 rings (SSSR count). The molecule has 1 amide bonds. The number of pyridine rings is 1. The van der Waals surface area contributed by atoms with Crippen LogP contribution in [0, 0.1) is 11.3 Å². The molecule has 3 aliphatic rings. The molecule has 6 heteroatoms. The lowest BCUT2D eigenvalue weighted by atomic mass is 9.65. The Morgan fingerprint density at radius 3 is 2.50 bits per heavy atom. The number of hydrogen-bond acceptors (Lipinski definition) is 4. The molecule has 1 spiro atoms. The first-order valence-electron chi connectivity index (χ1n) is 11.7. The van der Waals surface area contributed by atoms with Crippen molar-refractivity contribution in [3.8, 4) is 11.1 Å². The van der Waals surface area contributed by atoms with Crippen LogP contribution in [0.2, 0.25) is 0 Å². The Labute approximate surface area is 187 Å². The largest absolute Gasteiger partial charge is 0.387 e. The van der Waals surface area contributed by atoms with E-state index >= 15 is 0 Å². The van der Waals surface area contributed by atoms with E-state index in [1.807, 2.05) is 35.2 Å². The van der Waals surface area contributed by atoms with Crippen LogP contribution in [0.3, 0.4) is 0 Å². The van der Waals surface area contributed by atoms with E-state index in [0.717, 1.165) is 50.4 Å². The summed E-state index contributed by atoms with van der Waals surface area (Å²) in [4.78, 5) is 39.6. The molecule has 1 aromatic carbocycles. The maximum Gasteiger partial charge on any atom is 0.251 e. The second kappa shape index (κ2) is 8.00. The lowest BCUT2D eigenvalue weighted by Crippen LogP contribution is -2.62. The number of nitrogens with zero attached hydrogens (tertiary/aromatic N) is 2. The third-order valence-corrected chi connectivity index (χ3v) is 7.88. The van der Waals surface area contributed by atoms with Gasteiger partial charge in [-0.15, -0.1) is 0 Å². The number of likely N-dealkylation sites (tertiary alicyclic amines) is 1. The summed E-state index contributed by atoms with van der Waals surface area (Å²) in [5.41, 5.74) is 0.149. The van der Waals surface area contributed by atoms with Crippen LogP contribution in [0.5, 0.6) is 0 Å². The lowest BCUT2D eigenvalue weighted by molar-refractivity contribution is -0.161. The third kappa shape index (κ3) is 3.60. The number of piperidine rings is 1. The van der Waals surface area contributed by atoms with Gasteiger partial charge in [-0.1, -0.05) is 43.2 Å². The number of amides is 1. The molecule has 1 saturated heterocycles. The van der Waals surface area contributed by atoms with Crippen molar-refractivity contribution < 1.29 is 14.7 Å². The zero-order chi connectivity index (χ0) is 22.3. The Morgan fingerprint density at radius 2 is 1.84 bits per heavy atom. The molecule has 2 heterocycles. The van der Waals surface area contributed by atoms with Gasteiger partial charge in [-0.25, -0.2) is 0 Å². The van der Waals surface area contributed by atoms with Crippen LogP contribution in [0.25, 0.3) is 11.1 Å². The molecule has 1 aromatic heterocycles. The van der Waals surface area contributed by atoms with Gasteiger partial charge in [-0.05, 0) is 43.2 Å². The Hall–Kier alpha value is -2.73. The van der Waals surface area contributed by atoms with Crippen molar-refractivity contribution in [3.05, 3.63) is 58.5 Å². The van der Waals surface area contributed by atoms with Crippen molar-refractivity contribution in [2.75, 3.05) is 13.1 Å². The van der Waals surface area contributed by atoms with Crippen LogP contribution in [-0.2, 0) is 11.3 Å². The summed E-state index contributed by atoms with van der Waals surface area (Å²) >= 11 is 0. The van der Waals surface area contributed by atoms with Gasteiger partial charge in [0.15, 0.2) is 6.29 Å². The standard InChI is InChI=1S/C26H30N2O4/c29-16-21-15-28(23(30)14-22(21)19-6-2-1-3-7-19)18-26(32)12-13-27(24(31)20-8-9-20)17-25(26)10-4-5-11-25/h1-3,6-7,14-16,20,32H,4-5,8-13,17-18H2. The van der Waals surface area contributed by atoms with Gasteiger partial charge in [-0.2, -0.15) is 0 Å². The molecule has 1 unspecified atom stereocenters. The molecule has 0 bridgehead atoms. The van der Waals surface area contributed by atoms with Gasteiger partial charge in [0.1, 0.15) is 0 Å². The molecule has 2 saturated carbocycles. The van der Waals surface area contributed by atoms with Crippen molar-refractivity contribution in [3.63, 3.8) is 0 Å². The highest BCUT2D eigenvalue weighted by Crippen LogP contribution is 2.52. The number of carbonyl (C=O) groups excluding carboxylic acids is 2. The SMILES string of the molecule is O=Cc1cn(CC2(O)CCN(C(=O)C3CC3)CC23CCCC3)c(=O)cc1-c1ccccc1. The van der Waals surface area contributed by atoms with Crippen molar-refractivity contribution in [2.24, 2.45) is 11.3 Å². The van der Waals surface area contributed by atoms with Crippen LogP contribution in [0.1, 0.15) is 55.3 Å². The average Bonchev–Trinajstić information content (AvgIpc) is 3.55. The molecule has 3 fully saturated rings. The summed E-state index contributed by atoms with van der Waals surface area (Å²) in [6, 6.07) is 10.9. The van der Waals surface area contributed by atoms with E-state index in [2.05, 4.69) is 0 Å². The maximum absolute atomic E-state index is 13.0. The fraction of sp³-hybridized carbons (Fsp3) is 0.500. The summed E-state index contributed by atoms with van der Waals surface area (Å²) in [7, 11) is 0. The summed E-state index contributed by atoms with van der Waals surface area (Å²) in [6.07, 6.45) is 8.52. The number of aldehydes is 1. The molecule has 1 aliphatic heterocycles. The molecule has 6 nitrogen and oxygen atoms in total. The highest BCUT2D eigenvalue weighted by atomic mass is 16.3. The number of carbonyl (C=O) groups is 2. The van der Waals surface area contributed by atoms with Crippen molar-refractivity contribution in [2.45, 2.75) is 57.1 Å². The van der Waals surface area contributed by atoms with E-state index < -0.39 is 11.0 Å². The monoisotopic (exact) mass is 434 g/mol. The Kier molecular flexibility index (Phi) is 5.28. The number of rotatable bonds is 5. The number of benzene rings is 1. The number of aliphatic hydroxyl groups is 1. The van der Waals surface area contributed by atoms with Gasteiger partial charge >= 0.3 is 0 Å². The second-order valence-electron chi connectivity index (χ2n) is 9.90. The average molecular weight is 435 g/mol. The van der Waals surface area contributed by atoms with Crippen molar-refractivity contribution in [1.82, 2.24) is 9.47 Å². The lowest BCUT2D eigenvalue weighted by Gasteiger charge is -2.52. The van der Waals surface area contributed by atoms with Gasteiger partial charge in [0.25, 0.3) is 5.56 Å². The summed E-state index contributed by atoms with van der Waals surface area (Å²) in [5, 5.41) is 11.9. The van der Waals surface area contributed by atoms with E-state index in [0.29, 0.717) is 30.6 Å². The minimum Gasteiger partial charge on any atom is -0.387 e. The predicted molar refractivity (Wildman–Crippen MR) is 121 cm³/mol. The highest BCUT2D eigenvalue weighted by Gasteiger charge is 2.56. The molecule has 1 N–H and O–H groups in total. The Balaban J connectivity index is 1.46.